The van der Waals surface area contributed by atoms with Gasteiger partial charge in [-0.1, -0.05) is 11.2 Å². The largest absolute Gasteiger partial charge is 0.409 e. The fourth-order valence-corrected chi connectivity index (χ4v) is 2.52. The smallest absolute Gasteiger partial charge is 0.172 e. The van der Waals surface area contributed by atoms with E-state index in [9.17, 15) is 5.11 Å². The zero-order chi connectivity index (χ0) is 14.7. The second kappa shape index (κ2) is 6.11. The van der Waals surface area contributed by atoms with Crippen molar-refractivity contribution in [3.05, 3.63) is 29.3 Å². The van der Waals surface area contributed by atoms with Crippen LogP contribution in [0.3, 0.4) is 0 Å². The van der Waals surface area contributed by atoms with Crippen LogP contribution in [0.4, 0.5) is 5.69 Å². The number of benzene rings is 1. The Balaban J connectivity index is 2.37. The molecule has 2 rings (SSSR count). The van der Waals surface area contributed by atoms with Crippen LogP contribution in [0.2, 0.25) is 0 Å². The molecule has 1 aliphatic rings. The van der Waals surface area contributed by atoms with Crippen molar-refractivity contribution in [2.45, 2.75) is 26.1 Å². The van der Waals surface area contributed by atoms with Crippen LogP contribution in [0.5, 0.6) is 0 Å². The number of aliphatic hydroxyl groups is 1. The van der Waals surface area contributed by atoms with E-state index in [-0.39, 0.29) is 24.7 Å². The SMILES string of the molecule is Cc1ccc(/C(N)=N/O)c(N2CC(C)OC(CO)C2)c1. The predicted molar refractivity (Wildman–Crippen MR) is 77.3 cm³/mol. The van der Waals surface area contributed by atoms with Gasteiger partial charge in [0.05, 0.1) is 18.8 Å². The molecule has 1 heterocycles. The third-order valence-corrected chi connectivity index (χ3v) is 3.41. The molecule has 0 aliphatic carbocycles. The lowest BCUT2D eigenvalue weighted by atomic mass is 10.1. The minimum atomic E-state index is -0.223. The Kier molecular flexibility index (Phi) is 4.46. The van der Waals surface area contributed by atoms with Crippen LogP contribution in [0.15, 0.2) is 23.4 Å². The molecule has 4 N–H and O–H groups in total. The highest BCUT2D eigenvalue weighted by Gasteiger charge is 2.26. The minimum Gasteiger partial charge on any atom is -0.409 e. The summed E-state index contributed by atoms with van der Waals surface area (Å²) in [6.45, 7) is 5.22. The summed E-state index contributed by atoms with van der Waals surface area (Å²) in [7, 11) is 0. The summed E-state index contributed by atoms with van der Waals surface area (Å²) >= 11 is 0. The molecular weight excluding hydrogens is 258 g/mol. The van der Waals surface area contributed by atoms with Crippen LogP contribution in [0.25, 0.3) is 0 Å². The van der Waals surface area contributed by atoms with E-state index in [1.807, 2.05) is 32.0 Å². The summed E-state index contributed by atoms with van der Waals surface area (Å²) in [5.41, 5.74) is 8.42. The Morgan fingerprint density at radius 3 is 2.90 bits per heavy atom. The second-order valence-electron chi connectivity index (χ2n) is 5.16. The number of nitrogens with zero attached hydrogens (tertiary/aromatic N) is 2. The molecule has 0 saturated carbocycles. The maximum Gasteiger partial charge on any atom is 0.172 e. The van der Waals surface area contributed by atoms with Gasteiger partial charge in [-0.3, -0.25) is 0 Å². The fraction of sp³-hybridized carbons (Fsp3) is 0.500. The number of nitrogens with two attached hydrogens (primary N) is 1. The molecule has 1 fully saturated rings. The maximum atomic E-state index is 9.31. The number of amidine groups is 1. The van der Waals surface area contributed by atoms with Crippen LogP contribution in [-0.4, -0.2) is 48.1 Å². The third kappa shape index (κ3) is 3.02. The first kappa shape index (κ1) is 14.6. The van der Waals surface area contributed by atoms with Crippen molar-refractivity contribution < 1.29 is 15.1 Å². The number of ether oxygens (including phenoxy) is 1. The highest BCUT2D eigenvalue weighted by molar-refractivity contribution is 6.02. The third-order valence-electron chi connectivity index (χ3n) is 3.41. The van der Waals surface area contributed by atoms with Gasteiger partial charge in [0.2, 0.25) is 0 Å². The van der Waals surface area contributed by atoms with Gasteiger partial charge >= 0.3 is 0 Å². The minimum absolute atomic E-state index is 0.0153. The van der Waals surface area contributed by atoms with Gasteiger partial charge in [-0.15, -0.1) is 0 Å². The number of aryl methyl sites for hydroxylation is 1. The van der Waals surface area contributed by atoms with Gasteiger partial charge in [0.1, 0.15) is 0 Å². The van der Waals surface area contributed by atoms with Crippen LogP contribution >= 0.6 is 0 Å². The van der Waals surface area contributed by atoms with Crippen LogP contribution in [0.1, 0.15) is 18.1 Å². The molecule has 1 aromatic rings. The maximum absolute atomic E-state index is 9.31. The number of aliphatic hydroxyl groups excluding tert-OH is 1. The first-order valence-electron chi connectivity index (χ1n) is 6.65. The van der Waals surface area contributed by atoms with Crippen molar-refractivity contribution in [1.29, 1.82) is 0 Å². The number of hydrogen-bond donors (Lipinski definition) is 3. The van der Waals surface area contributed by atoms with E-state index in [1.165, 1.54) is 0 Å². The molecule has 6 heteroatoms. The monoisotopic (exact) mass is 279 g/mol. The second-order valence-corrected chi connectivity index (χ2v) is 5.16. The van der Waals surface area contributed by atoms with E-state index < -0.39 is 0 Å². The van der Waals surface area contributed by atoms with Crippen molar-refractivity contribution in [2.75, 3.05) is 24.6 Å². The van der Waals surface area contributed by atoms with Crippen molar-refractivity contribution in [1.82, 2.24) is 0 Å². The Morgan fingerprint density at radius 1 is 1.50 bits per heavy atom. The van der Waals surface area contributed by atoms with E-state index in [0.717, 1.165) is 11.3 Å². The average Bonchev–Trinajstić information content (AvgIpc) is 2.45. The van der Waals surface area contributed by atoms with Crippen LogP contribution in [-0.2, 0) is 4.74 Å². The molecule has 1 aromatic carbocycles. The predicted octanol–water partition coefficient (Wildman–Crippen LogP) is 0.676. The number of oxime groups is 1. The quantitative estimate of drug-likeness (QED) is 0.327. The molecule has 0 amide bonds. The number of rotatable bonds is 3. The normalized spacial score (nSPS) is 23.9. The number of anilines is 1. The molecular formula is C14H21N3O3. The van der Waals surface area contributed by atoms with Gasteiger partial charge in [-0.25, -0.2) is 0 Å². The lowest BCUT2D eigenvalue weighted by Crippen LogP contribution is -2.48. The number of morpholine rings is 1. The molecule has 1 aliphatic heterocycles. The molecule has 2 atom stereocenters. The van der Waals surface area contributed by atoms with Crippen molar-refractivity contribution in [3.8, 4) is 0 Å². The summed E-state index contributed by atoms with van der Waals surface area (Å²) in [6.07, 6.45) is -0.207. The molecule has 2 unspecified atom stereocenters. The van der Waals surface area contributed by atoms with Gasteiger partial charge in [-0.05, 0) is 31.5 Å². The molecule has 1 saturated heterocycles. The first-order chi connectivity index (χ1) is 9.55. The molecule has 6 nitrogen and oxygen atoms in total. The summed E-state index contributed by atoms with van der Waals surface area (Å²) < 4.78 is 5.64. The molecule has 0 bridgehead atoms. The van der Waals surface area contributed by atoms with Crippen LogP contribution in [0, 0.1) is 6.92 Å². The molecule has 0 aromatic heterocycles. The molecule has 20 heavy (non-hydrogen) atoms. The van der Waals surface area contributed by atoms with Gasteiger partial charge in [0.25, 0.3) is 0 Å². The zero-order valence-electron chi connectivity index (χ0n) is 11.8. The topological polar surface area (TPSA) is 91.3 Å². The molecule has 0 radical (unpaired) electrons. The standard InChI is InChI=1S/C14H21N3O3/c1-9-3-4-12(14(15)16-19)13(5-9)17-6-10(2)20-11(7-17)8-18/h3-5,10-11,18-19H,6-8H2,1-2H3,(H2,15,16). The Hall–Kier alpha value is -1.79. The van der Waals surface area contributed by atoms with Gasteiger partial charge in [-0.2, -0.15) is 0 Å². The summed E-state index contributed by atoms with van der Waals surface area (Å²) in [4.78, 5) is 2.11. The van der Waals surface area contributed by atoms with Crippen molar-refractivity contribution in [2.24, 2.45) is 10.9 Å². The highest BCUT2D eigenvalue weighted by Crippen LogP contribution is 2.25. The van der Waals surface area contributed by atoms with E-state index in [2.05, 4.69) is 10.1 Å². The van der Waals surface area contributed by atoms with Gasteiger partial charge in [0, 0.05) is 24.3 Å². The van der Waals surface area contributed by atoms with Crippen molar-refractivity contribution >= 4 is 11.5 Å². The summed E-state index contributed by atoms with van der Waals surface area (Å²) in [5, 5.41) is 21.3. The molecule has 110 valence electrons. The highest BCUT2D eigenvalue weighted by atomic mass is 16.5. The van der Waals surface area contributed by atoms with Gasteiger partial charge < -0.3 is 25.7 Å². The average molecular weight is 279 g/mol. The Labute approximate surface area is 118 Å². The van der Waals surface area contributed by atoms with E-state index in [0.29, 0.717) is 18.7 Å². The fourth-order valence-electron chi connectivity index (χ4n) is 2.52. The lowest BCUT2D eigenvalue weighted by molar-refractivity contribution is -0.0421. The zero-order valence-corrected chi connectivity index (χ0v) is 11.8. The molecule has 0 spiro atoms. The lowest BCUT2D eigenvalue weighted by Gasteiger charge is -2.38. The van der Waals surface area contributed by atoms with Crippen molar-refractivity contribution in [3.63, 3.8) is 0 Å². The number of hydrogen-bond acceptors (Lipinski definition) is 5. The van der Waals surface area contributed by atoms with E-state index >= 15 is 0 Å². The summed E-state index contributed by atoms with van der Waals surface area (Å²) in [5.74, 6) is 0.0830. The summed E-state index contributed by atoms with van der Waals surface area (Å²) in [6, 6.07) is 5.76. The van der Waals surface area contributed by atoms with E-state index in [1.54, 1.807) is 0 Å². The first-order valence-corrected chi connectivity index (χ1v) is 6.65. The Morgan fingerprint density at radius 2 is 2.25 bits per heavy atom. The van der Waals surface area contributed by atoms with E-state index in [4.69, 9.17) is 15.7 Å². The Bertz CT molecular complexity index is 504. The van der Waals surface area contributed by atoms with Crippen LogP contribution < -0.4 is 10.6 Å². The van der Waals surface area contributed by atoms with Gasteiger partial charge in [0.15, 0.2) is 5.84 Å².